The first kappa shape index (κ1) is 28.7. The van der Waals surface area contributed by atoms with E-state index < -0.39 is 11.7 Å². The van der Waals surface area contributed by atoms with Crippen LogP contribution in [-0.2, 0) is 25.8 Å². The summed E-state index contributed by atoms with van der Waals surface area (Å²) in [4.78, 5) is 48.9. The highest BCUT2D eigenvalue weighted by Crippen LogP contribution is 2.29. The molecule has 206 valence electrons. The van der Waals surface area contributed by atoms with Crippen LogP contribution in [0.15, 0.2) is 18.6 Å². The number of anilines is 1. The van der Waals surface area contributed by atoms with Crippen molar-refractivity contribution in [1.82, 2.24) is 24.8 Å². The average Bonchev–Trinajstić information content (AvgIpc) is 3.27. The molecule has 0 aromatic carbocycles. The van der Waals surface area contributed by atoms with E-state index in [9.17, 15) is 14.4 Å². The molecule has 1 saturated heterocycles. The van der Waals surface area contributed by atoms with Gasteiger partial charge in [-0.25, -0.2) is 14.8 Å². The van der Waals surface area contributed by atoms with Gasteiger partial charge in [0.2, 0.25) is 5.91 Å². The number of alkyl carbamates (subject to hydrolysis) is 1. The molecule has 2 atom stereocenters. The SMILES string of the molecule is C[C@@H]1CCN(C(=O)CC#N)C[C@@H]1N(C)c1ncnc2c1ccn2COC(=O)CCCNC(=O)OC(C)(C)C. The Labute approximate surface area is 222 Å². The molecule has 3 heterocycles. The molecular formula is C26H37N7O5. The van der Waals surface area contributed by atoms with E-state index in [1.54, 1.807) is 36.4 Å². The number of hydrogen-bond donors (Lipinski definition) is 1. The van der Waals surface area contributed by atoms with E-state index in [1.807, 2.05) is 19.2 Å². The van der Waals surface area contributed by atoms with E-state index >= 15 is 0 Å². The normalized spacial score (nSPS) is 17.5. The number of hydrogen-bond acceptors (Lipinski definition) is 9. The lowest BCUT2D eigenvalue weighted by Crippen LogP contribution is -2.52. The van der Waals surface area contributed by atoms with Crippen LogP contribution in [0.4, 0.5) is 10.6 Å². The molecule has 0 radical (unpaired) electrons. The van der Waals surface area contributed by atoms with Crippen LogP contribution in [0.3, 0.4) is 0 Å². The third kappa shape index (κ3) is 7.57. The third-order valence-electron chi connectivity index (χ3n) is 6.46. The van der Waals surface area contributed by atoms with Gasteiger partial charge in [0.05, 0.1) is 17.5 Å². The van der Waals surface area contributed by atoms with Crippen molar-refractivity contribution < 1.29 is 23.9 Å². The third-order valence-corrected chi connectivity index (χ3v) is 6.46. The maximum atomic E-state index is 12.3. The van der Waals surface area contributed by atoms with Gasteiger partial charge in [-0.2, -0.15) is 5.26 Å². The van der Waals surface area contributed by atoms with Crippen LogP contribution in [0.1, 0.15) is 53.4 Å². The van der Waals surface area contributed by atoms with Gasteiger partial charge in [-0.15, -0.1) is 0 Å². The Morgan fingerprint density at radius 1 is 1.29 bits per heavy atom. The van der Waals surface area contributed by atoms with E-state index in [1.165, 1.54) is 6.33 Å². The number of fused-ring (bicyclic) bond motifs is 1. The van der Waals surface area contributed by atoms with Gasteiger partial charge in [-0.1, -0.05) is 6.92 Å². The first-order chi connectivity index (χ1) is 18.0. The number of likely N-dealkylation sites (N-methyl/N-ethyl adjacent to an activating group) is 1. The smallest absolute Gasteiger partial charge is 0.407 e. The van der Waals surface area contributed by atoms with Crippen LogP contribution in [0, 0.1) is 17.2 Å². The molecule has 1 fully saturated rings. The number of nitrogens with one attached hydrogen (secondary N) is 1. The van der Waals surface area contributed by atoms with Crippen molar-refractivity contribution in [2.45, 2.75) is 71.8 Å². The number of nitrogens with zero attached hydrogens (tertiary/aromatic N) is 6. The highest BCUT2D eigenvalue weighted by atomic mass is 16.6. The molecule has 3 rings (SSSR count). The van der Waals surface area contributed by atoms with Gasteiger partial charge in [0, 0.05) is 39.3 Å². The summed E-state index contributed by atoms with van der Waals surface area (Å²) in [6.45, 7) is 8.97. The molecule has 12 nitrogen and oxygen atoms in total. The van der Waals surface area contributed by atoms with Gasteiger partial charge in [-0.05, 0) is 45.6 Å². The quantitative estimate of drug-likeness (QED) is 0.385. The van der Waals surface area contributed by atoms with Crippen LogP contribution < -0.4 is 10.2 Å². The molecule has 0 bridgehead atoms. The number of nitriles is 1. The number of esters is 1. The van der Waals surface area contributed by atoms with Gasteiger partial charge in [0.25, 0.3) is 0 Å². The van der Waals surface area contributed by atoms with Crippen molar-refractivity contribution in [2.75, 3.05) is 31.6 Å². The summed E-state index contributed by atoms with van der Waals surface area (Å²) in [5, 5.41) is 12.3. The van der Waals surface area contributed by atoms with Crippen molar-refractivity contribution in [2.24, 2.45) is 5.92 Å². The number of rotatable bonds is 9. The predicted octanol–water partition coefficient (Wildman–Crippen LogP) is 2.82. The molecule has 12 heteroatoms. The summed E-state index contributed by atoms with van der Waals surface area (Å²) in [7, 11) is 1.95. The van der Waals surface area contributed by atoms with Crippen molar-refractivity contribution in [3.8, 4) is 6.07 Å². The molecule has 2 amide bonds. The molecule has 0 unspecified atom stereocenters. The molecule has 0 saturated carbocycles. The summed E-state index contributed by atoms with van der Waals surface area (Å²) in [5.41, 5.74) is 0.0504. The lowest BCUT2D eigenvalue weighted by Gasteiger charge is -2.42. The van der Waals surface area contributed by atoms with Gasteiger partial charge in [0.15, 0.2) is 6.73 Å². The van der Waals surface area contributed by atoms with Gasteiger partial charge in [0.1, 0.15) is 29.8 Å². The zero-order chi connectivity index (χ0) is 27.9. The van der Waals surface area contributed by atoms with Crippen LogP contribution in [0.25, 0.3) is 11.0 Å². The zero-order valence-corrected chi connectivity index (χ0v) is 22.8. The van der Waals surface area contributed by atoms with Gasteiger partial charge >= 0.3 is 12.1 Å². The number of amides is 2. The Kier molecular flexibility index (Phi) is 9.50. The number of ether oxygens (including phenoxy) is 2. The zero-order valence-electron chi connectivity index (χ0n) is 22.8. The number of piperidine rings is 1. The standard InChI is InChI=1S/C26H37N7O5/c1-18-9-13-32(21(34)8-11-27)15-20(18)31(5)23-19-10-14-33(24(19)30-16-29-23)17-37-22(35)7-6-12-28-25(36)38-26(2,3)4/h10,14,16,18,20H,6-9,12-13,15,17H2,1-5H3,(H,28,36)/t18-,20+/m1/s1. The fourth-order valence-electron chi connectivity index (χ4n) is 4.44. The van der Waals surface area contributed by atoms with E-state index in [4.69, 9.17) is 14.7 Å². The number of aromatic nitrogens is 3. The summed E-state index contributed by atoms with van der Waals surface area (Å²) in [6, 6.07) is 3.85. The van der Waals surface area contributed by atoms with Crippen LogP contribution in [0.2, 0.25) is 0 Å². The number of likely N-dealkylation sites (tertiary alicyclic amines) is 1. The van der Waals surface area contributed by atoms with Crippen molar-refractivity contribution in [1.29, 1.82) is 5.26 Å². The van der Waals surface area contributed by atoms with Gasteiger partial charge < -0.3 is 24.6 Å². The van der Waals surface area contributed by atoms with E-state index in [2.05, 4.69) is 27.1 Å². The molecule has 1 aliphatic heterocycles. The summed E-state index contributed by atoms with van der Waals surface area (Å²) >= 11 is 0. The van der Waals surface area contributed by atoms with Crippen molar-refractivity contribution in [3.05, 3.63) is 18.6 Å². The van der Waals surface area contributed by atoms with Crippen LogP contribution in [0.5, 0.6) is 0 Å². The van der Waals surface area contributed by atoms with E-state index in [0.717, 1.165) is 17.6 Å². The first-order valence-corrected chi connectivity index (χ1v) is 12.8. The lowest BCUT2D eigenvalue weighted by molar-refractivity contribution is -0.147. The molecule has 1 N–H and O–H groups in total. The van der Waals surface area contributed by atoms with E-state index in [0.29, 0.717) is 37.6 Å². The lowest BCUT2D eigenvalue weighted by atomic mass is 9.92. The molecule has 2 aromatic rings. The largest absolute Gasteiger partial charge is 0.444 e. The molecule has 38 heavy (non-hydrogen) atoms. The van der Waals surface area contributed by atoms with Crippen molar-refractivity contribution in [3.63, 3.8) is 0 Å². The second-order valence-corrected chi connectivity index (χ2v) is 10.5. The molecule has 1 aliphatic rings. The van der Waals surface area contributed by atoms with E-state index in [-0.39, 0.29) is 37.5 Å². The maximum absolute atomic E-state index is 12.3. The van der Waals surface area contributed by atoms with Crippen molar-refractivity contribution >= 4 is 34.8 Å². The highest BCUT2D eigenvalue weighted by molar-refractivity contribution is 5.88. The van der Waals surface area contributed by atoms with Crippen LogP contribution in [-0.4, -0.2) is 75.7 Å². The summed E-state index contributed by atoms with van der Waals surface area (Å²) < 4.78 is 12.3. The summed E-state index contributed by atoms with van der Waals surface area (Å²) in [5.74, 6) is 0.505. The van der Waals surface area contributed by atoms with Gasteiger partial charge in [-0.3, -0.25) is 14.2 Å². The fourth-order valence-corrected chi connectivity index (χ4v) is 4.44. The second-order valence-electron chi connectivity index (χ2n) is 10.5. The number of carbonyl (C=O) groups is 3. The average molecular weight is 528 g/mol. The second kappa shape index (κ2) is 12.6. The Morgan fingerprint density at radius 3 is 2.76 bits per heavy atom. The minimum absolute atomic E-state index is 0.00172. The minimum atomic E-state index is -0.577. The first-order valence-electron chi connectivity index (χ1n) is 12.8. The molecule has 2 aromatic heterocycles. The fraction of sp³-hybridized carbons (Fsp3) is 0.615. The van der Waals surface area contributed by atoms with Crippen LogP contribution >= 0.6 is 0 Å². The Hall–Kier alpha value is -3.88. The Bertz CT molecular complexity index is 1180. The molecule has 0 aliphatic carbocycles. The molecular weight excluding hydrogens is 490 g/mol. The minimum Gasteiger partial charge on any atom is -0.444 e. The monoisotopic (exact) mass is 527 g/mol. The topological polar surface area (TPSA) is 143 Å². The molecule has 0 spiro atoms. The highest BCUT2D eigenvalue weighted by Gasteiger charge is 2.32. The number of carbonyl (C=O) groups excluding carboxylic acids is 3. The Morgan fingerprint density at radius 2 is 2.05 bits per heavy atom. The predicted molar refractivity (Wildman–Crippen MR) is 140 cm³/mol. The Balaban J connectivity index is 1.57. The maximum Gasteiger partial charge on any atom is 0.407 e. The summed E-state index contributed by atoms with van der Waals surface area (Å²) in [6.07, 6.45) is 4.04.